The van der Waals surface area contributed by atoms with Crippen LogP contribution in [-0.2, 0) is 0 Å². The zero-order valence-electron chi connectivity index (χ0n) is 2.05. The van der Waals surface area contributed by atoms with Crippen molar-refractivity contribution in [3.63, 3.8) is 0 Å². The minimum atomic E-state index is 0. The molecule has 0 atom stereocenters. The number of hydrogen-bond acceptors (Lipinski definition) is 2. The van der Waals surface area contributed by atoms with Crippen molar-refractivity contribution in [3.8, 4) is 0 Å². The molecule has 0 saturated heterocycles. The van der Waals surface area contributed by atoms with E-state index >= 15 is 0 Å². The molecule has 0 unspecified atom stereocenters. The minimum absolute atomic E-state index is 0. The molecule has 0 bridgehead atoms. The molecule has 18 valence electrons. The summed E-state index contributed by atoms with van der Waals surface area (Å²) >= 11 is 0. The van der Waals surface area contributed by atoms with Crippen LogP contribution in [0.3, 0.4) is 0 Å². The molecule has 4 heteroatoms. The van der Waals surface area contributed by atoms with Crippen molar-refractivity contribution in [2.45, 2.75) is 0 Å². The van der Waals surface area contributed by atoms with Gasteiger partial charge in [-0.2, -0.15) is 0 Å². The lowest BCUT2D eigenvalue weighted by atomic mass is 10.3. The van der Waals surface area contributed by atoms with Crippen LogP contribution in [0.1, 0.15) is 0 Å². The number of rotatable bonds is 0. The van der Waals surface area contributed by atoms with E-state index in [0.717, 1.165) is 0 Å². The van der Waals surface area contributed by atoms with Crippen LogP contribution in [-0.4, -0.2) is 26.1 Å². The van der Waals surface area contributed by atoms with Crippen molar-refractivity contribution in [3.05, 3.63) is 0 Å². The van der Waals surface area contributed by atoms with Crippen LogP contribution >= 0.6 is 0 Å². The van der Waals surface area contributed by atoms with Gasteiger partial charge in [0.1, 0.15) is 0 Å². The summed E-state index contributed by atoms with van der Waals surface area (Å²) in [6.45, 7) is 0. The second kappa shape index (κ2) is 1.38. The van der Waals surface area contributed by atoms with E-state index < -0.39 is 0 Å². The van der Waals surface area contributed by atoms with E-state index in [-0.39, 0.29) is 4.89 Å². The van der Waals surface area contributed by atoms with Crippen molar-refractivity contribution in [2.75, 3.05) is 0 Å². The van der Waals surface area contributed by atoms with Crippen LogP contribution in [0.15, 0.2) is 0 Å². The van der Waals surface area contributed by atoms with Crippen LogP contribution in [0, 0.1) is 0 Å². The third-order valence-corrected chi connectivity index (χ3v) is 0. The highest BCUT2D eigenvalue weighted by Gasteiger charge is 1.62. The van der Waals surface area contributed by atoms with Gasteiger partial charge in [-0.3, -0.25) is 4.89 Å². The van der Waals surface area contributed by atoms with Crippen molar-refractivity contribution < 1.29 is 5.21 Å². The maximum atomic E-state index is 7.44. The molecular weight excluding hydrogens is 51.6 g/mol. The van der Waals surface area contributed by atoms with Gasteiger partial charge in [-0.05, 0) is 0 Å². The normalized spacial score (nSPS) is 8.50. The van der Waals surface area contributed by atoms with Gasteiger partial charge in [0.2, 0.25) is 16.0 Å². The summed E-state index contributed by atoms with van der Waals surface area (Å²) < 4.78 is 0. The van der Waals surface area contributed by atoms with Crippen LogP contribution in [0.5, 0.6) is 0 Å². The number of nitrogens with zero attached hydrogens (tertiary/aromatic N) is 1. The Morgan fingerprint density at radius 2 is 1.50 bits per heavy atom. The molecular formula is HB2NO. The molecule has 0 spiro atoms. The molecule has 0 rings (SSSR count). The van der Waals surface area contributed by atoms with E-state index in [9.17, 15) is 0 Å². The van der Waals surface area contributed by atoms with E-state index in [1.54, 1.807) is 0 Å². The lowest BCUT2D eigenvalue weighted by Crippen LogP contribution is -2.07. The van der Waals surface area contributed by atoms with Crippen molar-refractivity contribution in [2.24, 2.45) is 0 Å². The van der Waals surface area contributed by atoms with Crippen LogP contribution in [0.25, 0.3) is 0 Å². The second-order valence-corrected chi connectivity index (χ2v) is 0.380. The fourth-order valence-corrected chi connectivity index (χ4v) is 0. The molecule has 4 heavy (non-hydrogen) atoms. The fraction of sp³-hybridized carbons (Fsp3) is 0. The highest BCUT2D eigenvalue weighted by atomic mass is 16.5. The molecule has 0 aliphatic heterocycles. The topological polar surface area (TPSA) is 23.5 Å². The van der Waals surface area contributed by atoms with Gasteiger partial charge in [0.15, 0.2) is 0 Å². The van der Waals surface area contributed by atoms with Crippen LogP contribution in [0.4, 0.5) is 0 Å². The van der Waals surface area contributed by atoms with Crippen LogP contribution in [0.2, 0.25) is 0 Å². The van der Waals surface area contributed by atoms with Gasteiger partial charge in [0.05, 0.1) is 0 Å². The first kappa shape index (κ1) is 4.05. The highest BCUT2D eigenvalue weighted by Crippen LogP contribution is 1.40. The van der Waals surface area contributed by atoms with Crippen molar-refractivity contribution in [1.82, 2.24) is 4.89 Å². The Balaban J connectivity index is 2.32. The summed E-state index contributed by atoms with van der Waals surface area (Å²) in [5.41, 5.74) is 0. The Morgan fingerprint density at radius 3 is 1.50 bits per heavy atom. The first-order valence-corrected chi connectivity index (χ1v) is 0.716. The molecule has 0 amide bonds. The third-order valence-electron chi connectivity index (χ3n) is 0. The van der Waals surface area contributed by atoms with E-state index in [4.69, 9.17) is 5.21 Å². The van der Waals surface area contributed by atoms with Gasteiger partial charge < -0.3 is 5.21 Å². The second-order valence-electron chi connectivity index (χ2n) is 0.380. The maximum absolute atomic E-state index is 7.44. The predicted octanol–water partition coefficient (Wildman–Crippen LogP) is -1.16. The highest BCUT2D eigenvalue weighted by molar-refractivity contribution is 6.23. The Bertz CT molecular complexity index is 10.8. The van der Waals surface area contributed by atoms with E-state index in [2.05, 4.69) is 16.0 Å². The van der Waals surface area contributed by atoms with Gasteiger partial charge >= 0.3 is 0 Å². The Morgan fingerprint density at radius 1 is 1.50 bits per heavy atom. The van der Waals surface area contributed by atoms with E-state index in [1.807, 2.05) is 0 Å². The maximum Gasteiger partial charge on any atom is 0.201 e. The fourth-order valence-electron chi connectivity index (χ4n) is 0. The molecule has 0 saturated carbocycles. The van der Waals surface area contributed by atoms with Gasteiger partial charge in [0.25, 0.3) is 0 Å². The summed E-state index contributed by atoms with van der Waals surface area (Å²) in [4.78, 5) is 0. The predicted molar refractivity (Wildman–Crippen MR) is 15.1 cm³/mol. The van der Waals surface area contributed by atoms with E-state index in [0.29, 0.717) is 0 Å². The van der Waals surface area contributed by atoms with Crippen LogP contribution < -0.4 is 0 Å². The first-order valence-electron chi connectivity index (χ1n) is 0.716. The largest absolute Gasteiger partial charge is 0.339 e. The van der Waals surface area contributed by atoms with Crippen molar-refractivity contribution in [1.29, 1.82) is 0 Å². The summed E-state index contributed by atoms with van der Waals surface area (Å²) in [6.07, 6.45) is 0. The summed E-state index contributed by atoms with van der Waals surface area (Å²) in [6, 6.07) is 0. The first-order chi connectivity index (χ1) is 1.73. The molecule has 0 aromatic heterocycles. The van der Waals surface area contributed by atoms with Gasteiger partial charge in [-0.15, -0.1) is 0 Å². The molecule has 0 aromatic carbocycles. The average Bonchev–Trinajstić information content (AvgIpc) is 0.811. The standard InChI is InChI=1S/B2HNO/c1-3(2)4/h4H. The molecule has 4 radical (unpaired) electrons. The third kappa shape index (κ3) is 908. The molecule has 0 heterocycles. The lowest BCUT2D eigenvalue weighted by molar-refractivity contribution is 0.102. The van der Waals surface area contributed by atoms with Gasteiger partial charge in [-0.1, -0.05) is 0 Å². The van der Waals surface area contributed by atoms with E-state index in [1.165, 1.54) is 0 Å². The molecule has 1 N–H and O–H groups in total. The quantitative estimate of drug-likeness (QED) is 0.278. The van der Waals surface area contributed by atoms with Gasteiger partial charge in [0, 0.05) is 0 Å². The molecule has 0 aliphatic rings. The molecule has 2 nitrogen and oxygen atoms in total. The van der Waals surface area contributed by atoms with Crippen molar-refractivity contribution >= 4 is 16.0 Å². The molecule has 0 aromatic rings. The zero-order valence-corrected chi connectivity index (χ0v) is 2.05. The smallest absolute Gasteiger partial charge is 0.201 e. The summed E-state index contributed by atoms with van der Waals surface area (Å²) in [7, 11) is 8.56. The zero-order chi connectivity index (χ0) is 3.58. The number of hydrogen-bond donors (Lipinski definition) is 1. The monoisotopic (exact) mass is 53.0 g/mol. The SMILES string of the molecule is [B]N([B])O. The Kier molecular flexibility index (Phi) is 1.39. The lowest BCUT2D eigenvalue weighted by Gasteiger charge is -1.89. The minimum Gasteiger partial charge on any atom is -0.339 e. The van der Waals surface area contributed by atoms with Gasteiger partial charge in [-0.25, -0.2) is 0 Å². The molecule has 0 fully saturated rings. The summed E-state index contributed by atoms with van der Waals surface area (Å²) in [5.74, 6) is 0. The average molecular weight is 52.6 g/mol. The summed E-state index contributed by atoms with van der Waals surface area (Å²) in [5, 5.41) is 7.44. The molecule has 0 aliphatic carbocycles. The Labute approximate surface area is 27.2 Å². The Hall–Kier alpha value is 0.0499.